The summed E-state index contributed by atoms with van der Waals surface area (Å²) < 4.78 is 4.97. The Bertz CT molecular complexity index is 112. The molecule has 0 aliphatic carbocycles. The zero-order valence-electron chi connectivity index (χ0n) is 7.17. The minimum atomic E-state index is -0.487. The number of carbonyl (C=O) groups is 1. The molecule has 11 heavy (non-hydrogen) atoms. The quantitative estimate of drug-likeness (QED) is 0.623. The zero-order valence-corrected chi connectivity index (χ0v) is 7.17. The highest BCUT2D eigenvalue weighted by Crippen LogP contribution is 1.98. The Morgan fingerprint density at radius 3 is 2.73 bits per heavy atom. The third-order valence-electron chi connectivity index (χ3n) is 1.34. The molecular formula is C8H16O3. The summed E-state index contributed by atoms with van der Waals surface area (Å²) in [5.74, 6) is 0.112. The predicted molar refractivity (Wildman–Crippen MR) is 42.4 cm³/mol. The number of hydrogen-bond acceptors (Lipinski definition) is 3. The third kappa shape index (κ3) is 7.49. The minimum Gasteiger partial charge on any atom is -0.391 e. The van der Waals surface area contributed by atoms with Crippen LogP contribution < -0.4 is 0 Å². The lowest BCUT2D eigenvalue weighted by Crippen LogP contribution is -2.16. The molecule has 1 atom stereocenters. The Morgan fingerprint density at radius 1 is 1.64 bits per heavy atom. The first-order valence-corrected chi connectivity index (χ1v) is 3.92. The van der Waals surface area contributed by atoms with Gasteiger partial charge in [0.05, 0.1) is 12.7 Å². The molecular weight excluding hydrogens is 144 g/mol. The van der Waals surface area contributed by atoms with E-state index in [9.17, 15) is 4.79 Å². The van der Waals surface area contributed by atoms with Crippen molar-refractivity contribution in [1.82, 2.24) is 0 Å². The molecule has 1 N–H and O–H groups in total. The summed E-state index contributed by atoms with van der Waals surface area (Å²) in [5.41, 5.74) is 0. The normalized spacial score (nSPS) is 13.0. The van der Waals surface area contributed by atoms with Crippen molar-refractivity contribution in [3.63, 3.8) is 0 Å². The van der Waals surface area contributed by atoms with Crippen molar-refractivity contribution in [2.75, 3.05) is 13.2 Å². The summed E-state index contributed by atoms with van der Waals surface area (Å²) in [7, 11) is 0. The van der Waals surface area contributed by atoms with Crippen LogP contribution in [0.3, 0.4) is 0 Å². The molecule has 0 aromatic rings. The van der Waals surface area contributed by atoms with E-state index in [-0.39, 0.29) is 5.78 Å². The van der Waals surface area contributed by atoms with Crippen molar-refractivity contribution in [3.8, 4) is 0 Å². The summed E-state index contributed by atoms with van der Waals surface area (Å²) in [5, 5.41) is 9.15. The number of aliphatic hydroxyl groups is 1. The number of Topliss-reactive ketones (excluding diaryl/α,β-unsaturated/α-hetero) is 1. The number of ketones is 1. The van der Waals surface area contributed by atoms with E-state index in [0.717, 1.165) is 0 Å². The van der Waals surface area contributed by atoms with Gasteiger partial charge in [-0.15, -0.1) is 0 Å². The number of rotatable bonds is 6. The van der Waals surface area contributed by atoms with Gasteiger partial charge in [0.1, 0.15) is 5.78 Å². The van der Waals surface area contributed by atoms with Gasteiger partial charge in [-0.1, -0.05) is 0 Å². The Kier molecular flexibility index (Phi) is 6.07. The van der Waals surface area contributed by atoms with E-state index < -0.39 is 6.10 Å². The van der Waals surface area contributed by atoms with Gasteiger partial charge in [-0.2, -0.15) is 0 Å². The van der Waals surface area contributed by atoms with Crippen LogP contribution in [0.15, 0.2) is 0 Å². The molecule has 0 bridgehead atoms. The van der Waals surface area contributed by atoms with Crippen molar-refractivity contribution in [1.29, 1.82) is 0 Å². The maximum atomic E-state index is 10.5. The van der Waals surface area contributed by atoms with Crippen LogP contribution in [-0.4, -0.2) is 30.2 Å². The van der Waals surface area contributed by atoms with Crippen molar-refractivity contribution >= 4 is 5.78 Å². The second-order valence-electron chi connectivity index (χ2n) is 2.55. The number of hydrogen-bond donors (Lipinski definition) is 1. The van der Waals surface area contributed by atoms with Crippen molar-refractivity contribution < 1.29 is 14.6 Å². The first kappa shape index (κ1) is 10.6. The summed E-state index contributed by atoms with van der Waals surface area (Å²) in [6, 6.07) is 0. The van der Waals surface area contributed by atoms with Gasteiger partial charge in [0.2, 0.25) is 0 Å². The molecule has 66 valence electrons. The summed E-state index contributed by atoms with van der Waals surface area (Å²) in [4.78, 5) is 10.5. The van der Waals surface area contributed by atoms with Gasteiger partial charge in [-0.25, -0.2) is 0 Å². The molecule has 0 aliphatic rings. The largest absolute Gasteiger partial charge is 0.391 e. The van der Waals surface area contributed by atoms with Gasteiger partial charge in [0, 0.05) is 13.0 Å². The maximum Gasteiger partial charge on any atom is 0.129 e. The first-order valence-electron chi connectivity index (χ1n) is 3.92. The predicted octanol–water partition coefficient (Wildman–Crippen LogP) is 0.753. The van der Waals surface area contributed by atoms with Crippen LogP contribution in [0.5, 0.6) is 0 Å². The third-order valence-corrected chi connectivity index (χ3v) is 1.34. The standard InChI is InChI=1S/C8H16O3/c1-3-11-6-8(10)5-4-7(2)9/h8,10H,3-6H2,1-2H3. The molecule has 3 nitrogen and oxygen atoms in total. The lowest BCUT2D eigenvalue weighted by atomic mass is 10.1. The average molecular weight is 160 g/mol. The Labute approximate surface area is 67.4 Å². The van der Waals surface area contributed by atoms with Gasteiger partial charge in [0.25, 0.3) is 0 Å². The second-order valence-corrected chi connectivity index (χ2v) is 2.55. The Morgan fingerprint density at radius 2 is 2.27 bits per heavy atom. The number of carbonyl (C=O) groups excluding carboxylic acids is 1. The maximum absolute atomic E-state index is 10.5. The van der Waals surface area contributed by atoms with Crippen LogP contribution in [0.4, 0.5) is 0 Å². The molecule has 0 aliphatic heterocycles. The lowest BCUT2D eigenvalue weighted by Gasteiger charge is -2.08. The van der Waals surface area contributed by atoms with Crippen LogP contribution in [0, 0.1) is 0 Å². The fourth-order valence-electron chi connectivity index (χ4n) is 0.707. The highest BCUT2D eigenvalue weighted by atomic mass is 16.5. The molecule has 0 saturated carbocycles. The van der Waals surface area contributed by atoms with E-state index in [4.69, 9.17) is 9.84 Å². The van der Waals surface area contributed by atoms with Crippen molar-refractivity contribution in [2.24, 2.45) is 0 Å². The molecule has 0 heterocycles. The molecule has 0 radical (unpaired) electrons. The number of ether oxygens (including phenoxy) is 1. The smallest absolute Gasteiger partial charge is 0.129 e. The second kappa shape index (κ2) is 6.31. The zero-order chi connectivity index (χ0) is 8.69. The first-order chi connectivity index (χ1) is 5.16. The van der Waals surface area contributed by atoms with Crippen LogP contribution in [-0.2, 0) is 9.53 Å². The van der Waals surface area contributed by atoms with Gasteiger partial charge in [-0.3, -0.25) is 0 Å². The van der Waals surface area contributed by atoms with Crippen LogP contribution in [0.25, 0.3) is 0 Å². The fraction of sp³-hybridized carbons (Fsp3) is 0.875. The minimum absolute atomic E-state index is 0.112. The monoisotopic (exact) mass is 160 g/mol. The summed E-state index contributed by atoms with van der Waals surface area (Å²) >= 11 is 0. The van der Waals surface area contributed by atoms with E-state index in [1.165, 1.54) is 6.92 Å². The van der Waals surface area contributed by atoms with E-state index in [0.29, 0.717) is 26.1 Å². The van der Waals surface area contributed by atoms with E-state index in [2.05, 4.69) is 0 Å². The van der Waals surface area contributed by atoms with Gasteiger partial charge >= 0.3 is 0 Å². The molecule has 0 saturated heterocycles. The molecule has 0 fully saturated rings. The van der Waals surface area contributed by atoms with E-state index in [1.54, 1.807) is 0 Å². The molecule has 0 aromatic carbocycles. The SMILES string of the molecule is CCOCC(O)CCC(C)=O. The highest BCUT2D eigenvalue weighted by Gasteiger charge is 2.04. The molecule has 0 rings (SSSR count). The van der Waals surface area contributed by atoms with Gasteiger partial charge in [-0.05, 0) is 20.3 Å². The van der Waals surface area contributed by atoms with Crippen LogP contribution >= 0.6 is 0 Å². The lowest BCUT2D eigenvalue weighted by molar-refractivity contribution is -0.117. The van der Waals surface area contributed by atoms with Gasteiger partial charge < -0.3 is 14.6 Å². The Hall–Kier alpha value is -0.410. The van der Waals surface area contributed by atoms with Crippen LogP contribution in [0.2, 0.25) is 0 Å². The van der Waals surface area contributed by atoms with E-state index in [1.807, 2.05) is 6.92 Å². The Balaban J connectivity index is 3.22. The molecule has 0 amide bonds. The highest BCUT2D eigenvalue weighted by molar-refractivity contribution is 5.75. The summed E-state index contributed by atoms with van der Waals surface area (Å²) in [6.07, 6.45) is 0.461. The van der Waals surface area contributed by atoms with Gasteiger partial charge in [0.15, 0.2) is 0 Å². The van der Waals surface area contributed by atoms with E-state index >= 15 is 0 Å². The van der Waals surface area contributed by atoms with Crippen LogP contribution in [0.1, 0.15) is 26.7 Å². The van der Waals surface area contributed by atoms with Crippen molar-refractivity contribution in [3.05, 3.63) is 0 Å². The molecule has 0 spiro atoms. The molecule has 3 heteroatoms. The molecule has 1 unspecified atom stereocenters. The van der Waals surface area contributed by atoms with Crippen molar-refractivity contribution in [2.45, 2.75) is 32.8 Å². The summed E-state index contributed by atoms with van der Waals surface area (Å²) in [6.45, 7) is 4.34. The molecule has 0 aromatic heterocycles. The topological polar surface area (TPSA) is 46.5 Å². The average Bonchev–Trinajstić information content (AvgIpc) is 1.97. The number of aliphatic hydroxyl groups excluding tert-OH is 1. The fourth-order valence-corrected chi connectivity index (χ4v) is 0.707.